The molecule has 0 aliphatic carbocycles. The number of aliphatic carboxylic acids is 1. The third-order valence-electron chi connectivity index (χ3n) is 3.09. The summed E-state index contributed by atoms with van der Waals surface area (Å²) in [5, 5.41) is 9.81. The molecular formula is C14H15Cl2NO5. The highest BCUT2D eigenvalue weighted by atomic mass is 35.5. The lowest BCUT2D eigenvalue weighted by atomic mass is 10.2. The topological polar surface area (TPSA) is 76.1 Å². The van der Waals surface area contributed by atoms with Gasteiger partial charge in [-0.1, -0.05) is 23.2 Å². The molecule has 120 valence electrons. The van der Waals surface area contributed by atoms with E-state index >= 15 is 0 Å². The Labute approximate surface area is 137 Å². The SMILES string of the molecule is C[C@@H]1CN(C(=O)COc2cc(Cl)cc(Cl)c2)CC(C(=O)O)O1. The first-order chi connectivity index (χ1) is 10.3. The first-order valence-corrected chi connectivity index (χ1v) is 7.35. The molecule has 1 aromatic rings. The second-order valence-electron chi connectivity index (χ2n) is 4.97. The van der Waals surface area contributed by atoms with Crippen LogP contribution in [0.2, 0.25) is 10.0 Å². The summed E-state index contributed by atoms with van der Waals surface area (Å²) >= 11 is 11.7. The van der Waals surface area contributed by atoms with Crippen molar-refractivity contribution in [1.82, 2.24) is 4.90 Å². The average molecular weight is 348 g/mol. The van der Waals surface area contributed by atoms with Crippen LogP contribution in [0.3, 0.4) is 0 Å². The third-order valence-corrected chi connectivity index (χ3v) is 3.52. The van der Waals surface area contributed by atoms with E-state index in [2.05, 4.69) is 0 Å². The molecule has 1 heterocycles. The Kier molecular flexibility index (Phi) is 5.50. The highest BCUT2D eigenvalue weighted by Crippen LogP contribution is 2.24. The zero-order valence-electron chi connectivity index (χ0n) is 11.8. The monoisotopic (exact) mass is 347 g/mol. The smallest absolute Gasteiger partial charge is 0.334 e. The van der Waals surface area contributed by atoms with Gasteiger partial charge in [0.25, 0.3) is 5.91 Å². The highest BCUT2D eigenvalue weighted by molar-refractivity contribution is 6.34. The molecule has 0 saturated carbocycles. The van der Waals surface area contributed by atoms with Gasteiger partial charge < -0.3 is 19.5 Å². The molecule has 0 spiro atoms. The van der Waals surface area contributed by atoms with E-state index in [-0.39, 0.29) is 25.2 Å². The summed E-state index contributed by atoms with van der Waals surface area (Å²) < 4.78 is 10.6. The van der Waals surface area contributed by atoms with Crippen LogP contribution in [-0.2, 0) is 14.3 Å². The van der Waals surface area contributed by atoms with E-state index in [4.69, 9.17) is 37.8 Å². The van der Waals surface area contributed by atoms with E-state index in [9.17, 15) is 9.59 Å². The summed E-state index contributed by atoms with van der Waals surface area (Å²) in [6.07, 6.45) is -1.37. The van der Waals surface area contributed by atoms with Crippen LogP contribution in [0.4, 0.5) is 0 Å². The molecule has 1 amide bonds. The summed E-state index contributed by atoms with van der Waals surface area (Å²) in [5.74, 6) is -1.04. The van der Waals surface area contributed by atoms with Gasteiger partial charge in [-0.3, -0.25) is 4.79 Å². The molecule has 1 aromatic carbocycles. The Morgan fingerprint density at radius 3 is 2.55 bits per heavy atom. The van der Waals surface area contributed by atoms with Crippen LogP contribution < -0.4 is 4.74 Å². The molecule has 0 aromatic heterocycles. The molecule has 0 radical (unpaired) electrons. The maximum absolute atomic E-state index is 12.1. The van der Waals surface area contributed by atoms with Crippen LogP contribution in [0.5, 0.6) is 5.75 Å². The molecule has 1 aliphatic heterocycles. The van der Waals surface area contributed by atoms with Crippen LogP contribution in [0.15, 0.2) is 18.2 Å². The number of hydrogen-bond acceptors (Lipinski definition) is 4. The van der Waals surface area contributed by atoms with Crippen molar-refractivity contribution >= 4 is 35.1 Å². The Balaban J connectivity index is 1.95. The zero-order chi connectivity index (χ0) is 16.3. The standard InChI is InChI=1S/C14H15Cl2NO5/c1-8-5-17(6-12(22-8)14(19)20)13(18)7-21-11-3-9(15)2-10(16)4-11/h2-4,8,12H,5-7H2,1H3,(H,19,20)/t8-,12?/m1/s1. The fraction of sp³-hybridized carbons (Fsp3) is 0.429. The lowest BCUT2D eigenvalue weighted by Gasteiger charge is -2.34. The number of carbonyl (C=O) groups excluding carboxylic acids is 1. The van der Waals surface area contributed by atoms with Gasteiger partial charge in [0.2, 0.25) is 0 Å². The Hall–Kier alpha value is -1.50. The minimum atomic E-state index is -1.09. The van der Waals surface area contributed by atoms with E-state index in [1.807, 2.05) is 0 Å². The van der Waals surface area contributed by atoms with E-state index in [1.54, 1.807) is 25.1 Å². The maximum Gasteiger partial charge on any atom is 0.334 e. The van der Waals surface area contributed by atoms with E-state index in [0.29, 0.717) is 22.3 Å². The number of ether oxygens (including phenoxy) is 2. The van der Waals surface area contributed by atoms with Crippen LogP contribution in [0.25, 0.3) is 0 Å². The number of carboxylic acids is 1. The predicted octanol–water partition coefficient (Wildman–Crippen LogP) is 2.07. The van der Waals surface area contributed by atoms with E-state index in [1.165, 1.54) is 4.90 Å². The zero-order valence-corrected chi connectivity index (χ0v) is 13.3. The van der Waals surface area contributed by atoms with Gasteiger partial charge >= 0.3 is 5.97 Å². The fourth-order valence-corrected chi connectivity index (χ4v) is 2.65. The van der Waals surface area contributed by atoms with Crippen molar-refractivity contribution in [2.75, 3.05) is 19.7 Å². The molecule has 8 heteroatoms. The van der Waals surface area contributed by atoms with Crippen molar-refractivity contribution in [2.45, 2.75) is 19.1 Å². The molecule has 1 saturated heterocycles. The normalized spacial score (nSPS) is 21.5. The number of carboxylic acid groups (broad SMARTS) is 1. The van der Waals surface area contributed by atoms with Crippen molar-refractivity contribution in [2.24, 2.45) is 0 Å². The summed E-state index contributed by atoms with van der Waals surface area (Å²) in [5.41, 5.74) is 0. The van der Waals surface area contributed by atoms with Gasteiger partial charge in [-0.05, 0) is 25.1 Å². The predicted molar refractivity (Wildman–Crippen MR) is 80.5 cm³/mol. The summed E-state index contributed by atoms with van der Waals surface area (Å²) in [6, 6.07) is 4.64. The fourth-order valence-electron chi connectivity index (χ4n) is 2.14. The third kappa shape index (κ3) is 4.50. The molecule has 2 atom stereocenters. The lowest BCUT2D eigenvalue weighted by molar-refractivity contribution is -0.167. The number of rotatable bonds is 4. The first kappa shape index (κ1) is 16.9. The van der Waals surface area contributed by atoms with Crippen LogP contribution in [0, 0.1) is 0 Å². The van der Waals surface area contributed by atoms with Crippen LogP contribution in [0.1, 0.15) is 6.92 Å². The minimum Gasteiger partial charge on any atom is -0.484 e. The van der Waals surface area contributed by atoms with E-state index in [0.717, 1.165) is 0 Å². The molecule has 1 aliphatic rings. The van der Waals surface area contributed by atoms with Gasteiger partial charge in [0, 0.05) is 16.6 Å². The molecule has 0 bridgehead atoms. The lowest BCUT2D eigenvalue weighted by Crippen LogP contribution is -2.52. The molecule has 1 N–H and O–H groups in total. The molecule has 1 fully saturated rings. The Morgan fingerprint density at radius 1 is 1.32 bits per heavy atom. The van der Waals surface area contributed by atoms with Gasteiger partial charge in [-0.25, -0.2) is 4.79 Å². The van der Waals surface area contributed by atoms with Gasteiger partial charge in [0.05, 0.1) is 12.6 Å². The number of amides is 1. The van der Waals surface area contributed by atoms with Crippen molar-refractivity contribution in [1.29, 1.82) is 0 Å². The molecule has 22 heavy (non-hydrogen) atoms. The number of morpholine rings is 1. The van der Waals surface area contributed by atoms with Gasteiger partial charge in [0.1, 0.15) is 5.75 Å². The molecule has 2 rings (SSSR count). The summed E-state index contributed by atoms with van der Waals surface area (Å²) in [4.78, 5) is 24.6. The number of nitrogens with zero attached hydrogens (tertiary/aromatic N) is 1. The molecule has 6 nitrogen and oxygen atoms in total. The second kappa shape index (κ2) is 7.17. The largest absolute Gasteiger partial charge is 0.484 e. The van der Waals surface area contributed by atoms with Crippen molar-refractivity contribution < 1.29 is 24.2 Å². The number of benzene rings is 1. The van der Waals surface area contributed by atoms with Gasteiger partial charge in [-0.2, -0.15) is 0 Å². The molecular weight excluding hydrogens is 333 g/mol. The number of carbonyl (C=O) groups is 2. The van der Waals surface area contributed by atoms with Gasteiger partial charge in [0.15, 0.2) is 12.7 Å². The Morgan fingerprint density at radius 2 is 1.95 bits per heavy atom. The van der Waals surface area contributed by atoms with E-state index < -0.39 is 12.1 Å². The van der Waals surface area contributed by atoms with Crippen molar-refractivity contribution in [3.63, 3.8) is 0 Å². The Bertz CT molecular complexity index is 560. The average Bonchev–Trinajstić information content (AvgIpc) is 2.43. The second-order valence-corrected chi connectivity index (χ2v) is 5.84. The van der Waals surface area contributed by atoms with Crippen molar-refractivity contribution in [3.05, 3.63) is 28.2 Å². The summed E-state index contributed by atoms with van der Waals surface area (Å²) in [6.45, 7) is 1.81. The quantitative estimate of drug-likeness (QED) is 0.902. The minimum absolute atomic E-state index is 0.00182. The number of hydrogen-bond donors (Lipinski definition) is 1. The highest BCUT2D eigenvalue weighted by Gasteiger charge is 2.32. The van der Waals surface area contributed by atoms with Crippen LogP contribution >= 0.6 is 23.2 Å². The van der Waals surface area contributed by atoms with Crippen molar-refractivity contribution in [3.8, 4) is 5.75 Å². The van der Waals surface area contributed by atoms with Gasteiger partial charge in [-0.15, -0.1) is 0 Å². The number of halogens is 2. The maximum atomic E-state index is 12.1. The summed E-state index contributed by atoms with van der Waals surface area (Å²) in [7, 11) is 0. The first-order valence-electron chi connectivity index (χ1n) is 6.60. The van der Waals surface area contributed by atoms with Crippen LogP contribution in [-0.4, -0.2) is 53.8 Å². The molecule has 1 unspecified atom stereocenters.